The first kappa shape index (κ1) is 15.8. The summed E-state index contributed by atoms with van der Waals surface area (Å²) in [6, 6.07) is 1.88. The van der Waals surface area contributed by atoms with E-state index in [1.165, 1.54) is 11.2 Å². The molecule has 0 N–H and O–H groups in total. The number of aryl methyl sites for hydroxylation is 1. The second-order valence-corrected chi connectivity index (χ2v) is 6.64. The highest BCUT2D eigenvalue weighted by atomic mass is 32.2. The van der Waals surface area contributed by atoms with Crippen LogP contribution in [0, 0.1) is 22.9 Å². The molecule has 116 valence electrons. The molecule has 1 saturated heterocycles. The summed E-state index contributed by atoms with van der Waals surface area (Å²) in [5.41, 5.74) is -0.909. The van der Waals surface area contributed by atoms with Gasteiger partial charge in [0.1, 0.15) is 0 Å². The van der Waals surface area contributed by atoms with E-state index in [9.17, 15) is 22.9 Å². The first-order valence-corrected chi connectivity index (χ1v) is 7.80. The Labute approximate surface area is 121 Å². The largest absolute Gasteiger partial charge is 0.380 e. The standard InChI is InChI=1S/C12H15FN2O5S/c1-9-7-10(8-11(12(9)13)15(16)17)21(18,19)14-3-2-5-20-6-4-14/h7-8H,2-6H2,1H3. The highest BCUT2D eigenvalue weighted by Crippen LogP contribution is 2.27. The zero-order valence-electron chi connectivity index (χ0n) is 11.4. The summed E-state index contributed by atoms with van der Waals surface area (Å²) in [5, 5.41) is 10.8. The van der Waals surface area contributed by atoms with Crippen molar-refractivity contribution < 1.29 is 22.5 Å². The molecule has 0 unspecified atom stereocenters. The normalized spacial score (nSPS) is 17.4. The molecule has 1 aliphatic heterocycles. The molecule has 0 radical (unpaired) electrons. The first-order valence-electron chi connectivity index (χ1n) is 6.36. The van der Waals surface area contributed by atoms with Gasteiger partial charge in [-0.3, -0.25) is 10.1 Å². The molecule has 0 saturated carbocycles. The Bertz CT molecular complexity index is 654. The monoisotopic (exact) mass is 318 g/mol. The minimum absolute atomic E-state index is 0.0751. The molecule has 1 aromatic carbocycles. The third-order valence-electron chi connectivity index (χ3n) is 3.22. The van der Waals surface area contributed by atoms with E-state index in [4.69, 9.17) is 4.74 Å². The summed E-state index contributed by atoms with van der Waals surface area (Å²) in [4.78, 5) is 9.63. The molecule has 1 aliphatic rings. The van der Waals surface area contributed by atoms with Crippen molar-refractivity contribution in [2.75, 3.05) is 26.3 Å². The Morgan fingerprint density at radius 3 is 2.71 bits per heavy atom. The average molecular weight is 318 g/mol. The van der Waals surface area contributed by atoms with Crippen LogP contribution in [0.5, 0.6) is 0 Å². The maximum Gasteiger partial charge on any atom is 0.306 e. The minimum atomic E-state index is -3.90. The summed E-state index contributed by atoms with van der Waals surface area (Å²) in [5.74, 6) is -1.02. The van der Waals surface area contributed by atoms with Crippen LogP contribution in [0.2, 0.25) is 0 Å². The molecule has 0 aliphatic carbocycles. The summed E-state index contributed by atoms with van der Waals surface area (Å²) in [6.07, 6.45) is 0.543. The van der Waals surface area contributed by atoms with Crippen molar-refractivity contribution in [1.29, 1.82) is 0 Å². The summed E-state index contributed by atoms with van der Waals surface area (Å²) in [6.45, 7) is 2.47. The van der Waals surface area contributed by atoms with Crippen molar-refractivity contribution in [3.05, 3.63) is 33.6 Å². The molecule has 2 rings (SSSR count). The predicted molar refractivity (Wildman–Crippen MR) is 72.0 cm³/mol. The molecule has 0 spiro atoms. The Morgan fingerprint density at radius 1 is 1.33 bits per heavy atom. The predicted octanol–water partition coefficient (Wildman–Crippen LogP) is 1.45. The van der Waals surface area contributed by atoms with Crippen LogP contribution in [0.4, 0.5) is 10.1 Å². The van der Waals surface area contributed by atoms with Gasteiger partial charge in [0.2, 0.25) is 15.8 Å². The quantitative estimate of drug-likeness (QED) is 0.621. The average Bonchev–Trinajstić information content (AvgIpc) is 2.70. The van der Waals surface area contributed by atoms with Gasteiger partial charge in [-0.15, -0.1) is 0 Å². The summed E-state index contributed by atoms with van der Waals surface area (Å²) in [7, 11) is -3.90. The molecule has 7 nitrogen and oxygen atoms in total. The number of benzene rings is 1. The summed E-state index contributed by atoms with van der Waals surface area (Å²) < 4.78 is 45.1. The van der Waals surface area contributed by atoms with E-state index in [2.05, 4.69) is 0 Å². The fraction of sp³-hybridized carbons (Fsp3) is 0.500. The number of sulfonamides is 1. The Morgan fingerprint density at radius 2 is 2.05 bits per heavy atom. The number of nitrogens with zero attached hydrogens (tertiary/aromatic N) is 2. The molecule has 1 fully saturated rings. The lowest BCUT2D eigenvalue weighted by Crippen LogP contribution is -2.33. The number of rotatable bonds is 3. The first-order chi connectivity index (χ1) is 9.84. The van der Waals surface area contributed by atoms with Gasteiger partial charge in [-0.25, -0.2) is 8.42 Å². The number of ether oxygens (including phenoxy) is 1. The van der Waals surface area contributed by atoms with Crippen LogP contribution in [0.15, 0.2) is 17.0 Å². The molecule has 0 atom stereocenters. The van der Waals surface area contributed by atoms with Gasteiger partial charge in [0.15, 0.2) is 0 Å². The molecule has 21 heavy (non-hydrogen) atoms. The van der Waals surface area contributed by atoms with Crippen molar-refractivity contribution in [2.24, 2.45) is 0 Å². The van der Waals surface area contributed by atoms with Gasteiger partial charge in [0.25, 0.3) is 0 Å². The second kappa shape index (κ2) is 6.04. The molecular formula is C12H15FN2O5S. The lowest BCUT2D eigenvalue weighted by Gasteiger charge is -2.19. The number of nitro benzene ring substituents is 1. The fourth-order valence-corrected chi connectivity index (χ4v) is 3.68. The zero-order valence-corrected chi connectivity index (χ0v) is 12.2. The van der Waals surface area contributed by atoms with Crippen molar-refractivity contribution in [1.82, 2.24) is 4.31 Å². The lowest BCUT2D eigenvalue weighted by molar-refractivity contribution is -0.387. The highest BCUT2D eigenvalue weighted by Gasteiger charge is 2.29. The van der Waals surface area contributed by atoms with E-state index < -0.39 is 26.5 Å². The van der Waals surface area contributed by atoms with Gasteiger partial charge in [-0.05, 0) is 25.0 Å². The molecule has 1 aromatic rings. The van der Waals surface area contributed by atoms with E-state index in [1.54, 1.807) is 0 Å². The smallest absolute Gasteiger partial charge is 0.306 e. The van der Waals surface area contributed by atoms with E-state index >= 15 is 0 Å². The van der Waals surface area contributed by atoms with E-state index in [-0.39, 0.29) is 30.2 Å². The lowest BCUT2D eigenvalue weighted by atomic mass is 10.2. The van der Waals surface area contributed by atoms with Gasteiger partial charge in [-0.1, -0.05) is 0 Å². The Hall–Kier alpha value is -1.58. The van der Waals surface area contributed by atoms with Crippen LogP contribution in [0.3, 0.4) is 0 Å². The van der Waals surface area contributed by atoms with E-state index in [0.29, 0.717) is 13.0 Å². The van der Waals surface area contributed by atoms with Crippen molar-refractivity contribution in [3.8, 4) is 0 Å². The number of hydrogen-bond donors (Lipinski definition) is 0. The van der Waals surface area contributed by atoms with E-state index in [0.717, 1.165) is 12.1 Å². The van der Waals surface area contributed by atoms with Crippen LogP contribution in [0.1, 0.15) is 12.0 Å². The SMILES string of the molecule is Cc1cc(S(=O)(=O)N2CCCOCC2)cc([N+](=O)[O-])c1F. The fourth-order valence-electron chi connectivity index (χ4n) is 2.11. The van der Waals surface area contributed by atoms with Crippen LogP contribution in [-0.2, 0) is 14.8 Å². The van der Waals surface area contributed by atoms with Crippen molar-refractivity contribution in [3.63, 3.8) is 0 Å². The van der Waals surface area contributed by atoms with Gasteiger partial charge in [-0.2, -0.15) is 8.70 Å². The molecule has 0 amide bonds. The second-order valence-electron chi connectivity index (χ2n) is 4.70. The minimum Gasteiger partial charge on any atom is -0.380 e. The van der Waals surface area contributed by atoms with Gasteiger partial charge >= 0.3 is 5.69 Å². The van der Waals surface area contributed by atoms with Gasteiger partial charge in [0, 0.05) is 25.8 Å². The molecular weight excluding hydrogens is 303 g/mol. The number of halogens is 1. The molecule has 0 aromatic heterocycles. The van der Waals surface area contributed by atoms with E-state index in [1.807, 2.05) is 0 Å². The third-order valence-corrected chi connectivity index (χ3v) is 5.10. The van der Waals surface area contributed by atoms with Gasteiger partial charge in [0.05, 0.1) is 16.4 Å². The van der Waals surface area contributed by atoms with Crippen LogP contribution in [-0.4, -0.2) is 43.9 Å². The highest BCUT2D eigenvalue weighted by molar-refractivity contribution is 7.89. The summed E-state index contributed by atoms with van der Waals surface area (Å²) >= 11 is 0. The number of nitro groups is 1. The van der Waals surface area contributed by atoms with Crippen molar-refractivity contribution in [2.45, 2.75) is 18.2 Å². The van der Waals surface area contributed by atoms with Crippen LogP contribution >= 0.6 is 0 Å². The maximum absolute atomic E-state index is 13.7. The van der Waals surface area contributed by atoms with Crippen LogP contribution in [0.25, 0.3) is 0 Å². The Balaban J connectivity index is 2.46. The zero-order chi connectivity index (χ0) is 15.6. The number of hydrogen-bond acceptors (Lipinski definition) is 5. The topological polar surface area (TPSA) is 89.8 Å². The molecule has 1 heterocycles. The molecule has 0 bridgehead atoms. The van der Waals surface area contributed by atoms with Crippen LogP contribution < -0.4 is 0 Å². The maximum atomic E-state index is 13.7. The van der Waals surface area contributed by atoms with Gasteiger partial charge < -0.3 is 4.74 Å². The third kappa shape index (κ3) is 3.20. The Kier molecular flexibility index (Phi) is 4.55. The van der Waals surface area contributed by atoms with Crippen molar-refractivity contribution >= 4 is 15.7 Å². The molecule has 9 heteroatoms.